The van der Waals surface area contributed by atoms with Gasteiger partial charge in [0.2, 0.25) is 0 Å². The standard InChI is InChI=1S/C16H21ClN2O2/c1-2-7-21-14-5-3-4-13-16(14)18-15(9-17)19(13)10-12-6-8-20-11-12/h3-5,12H,2,6-11H2,1H3. The second-order valence-corrected chi connectivity index (χ2v) is 5.74. The molecule has 0 bridgehead atoms. The van der Waals surface area contributed by atoms with E-state index in [1.165, 1.54) is 0 Å². The van der Waals surface area contributed by atoms with Crippen molar-refractivity contribution in [3.8, 4) is 5.75 Å². The predicted molar refractivity (Wildman–Crippen MR) is 84.0 cm³/mol. The zero-order chi connectivity index (χ0) is 14.7. The number of benzene rings is 1. The van der Waals surface area contributed by atoms with Gasteiger partial charge in [-0.3, -0.25) is 0 Å². The Labute approximate surface area is 130 Å². The molecule has 5 heteroatoms. The third-order valence-corrected chi connectivity index (χ3v) is 4.11. The number of aromatic nitrogens is 2. The van der Waals surface area contributed by atoms with Gasteiger partial charge in [0, 0.05) is 19.1 Å². The van der Waals surface area contributed by atoms with Gasteiger partial charge < -0.3 is 14.0 Å². The van der Waals surface area contributed by atoms with Gasteiger partial charge in [-0.1, -0.05) is 13.0 Å². The van der Waals surface area contributed by atoms with Gasteiger partial charge in [0.05, 0.1) is 24.6 Å². The highest BCUT2D eigenvalue weighted by Crippen LogP contribution is 2.28. The van der Waals surface area contributed by atoms with E-state index in [4.69, 9.17) is 26.1 Å². The molecule has 1 fully saturated rings. The van der Waals surface area contributed by atoms with Crippen LogP contribution < -0.4 is 4.74 Å². The lowest BCUT2D eigenvalue weighted by molar-refractivity contribution is 0.182. The quantitative estimate of drug-likeness (QED) is 0.765. The maximum Gasteiger partial charge on any atom is 0.147 e. The first kappa shape index (κ1) is 14.7. The first-order valence-corrected chi connectivity index (χ1v) is 8.11. The number of ether oxygens (including phenoxy) is 2. The Morgan fingerprint density at radius 2 is 2.38 bits per heavy atom. The smallest absolute Gasteiger partial charge is 0.147 e. The Hall–Kier alpha value is -1.26. The van der Waals surface area contributed by atoms with Gasteiger partial charge in [0.15, 0.2) is 0 Å². The van der Waals surface area contributed by atoms with Gasteiger partial charge in [0.1, 0.15) is 17.1 Å². The summed E-state index contributed by atoms with van der Waals surface area (Å²) in [4.78, 5) is 4.69. The maximum absolute atomic E-state index is 6.09. The summed E-state index contributed by atoms with van der Waals surface area (Å²) in [5.74, 6) is 2.72. The second-order valence-electron chi connectivity index (χ2n) is 5.47. The molecule has 1 aromatic heterocycles. The van der Waals surface area contributed by atoms with Gasteiger partial charge in [-0.25, -0.2) is 4.98 Å². The van der Waals surface area contributed by atoms with Crippen LogP contribution in [-0.2, 0) is 17.2 Å². The fraction of sp³-hybridized carbons (Fsp3) is 0.562. The maximum atomic E-state index is 6.09. The molecule has 1 aliphatic rings. The minimum absolute atomic E-state index is 0.412. The van der Waals surface area contributed by atoms with E-state index < -0.39 is 0 Å². The number of fused-ring (bicyclic) bond motifs is 1. The largest absolute Gasteiger partial charge is 0.491 e. The normalized spacial score (nSPS) is 18.5. The van der Waals surface area contributed by atoms with Crippen LogP contribution in [0.1, 0.15) is 25.6 Å². The van der Waals surface area contributed by atoms with Gasteiger partial charge in [-0.2, -0.15) is 0 Å². The van der Waals surface area contributed by atoms with Crippen LogP contribution in [0.25, 0.3) is 11.0 Å². The van der Waals surface area contributed by atoms with Gasteiger partial charge in [-0.05, 0) is 25.0 Å². The van der Waals surface area contributed by atoms with Crippen LogP contribution in [0.5, 0.6) is 5.75 Å². The summed E-state index contributed by atoms with van der Waals surface area (Å²) in [6.45, 7) is 5.41. The topological polar surface area (TPSA) is 36.3 Å². The second kappa shape index (κ2) is 6.67. The summed E-state index contributed by atoms with van der Waals surface area (Å²) in [7, 11) is 0. The van der Waals surface area contributed by atoms with Crippen LogP contribution in [-0.4, -0.2) is 29.4 Å². The third-order valence-electron chi connectivity index (χ3n) is 3.87. The molecule has 1 saturated heterocycles. The number of imidazole rings is 1. The average Bonchev–Trinajstić information content (AvgIpc) is 3.14. The van der Waals surface area contributed by atoms with Crippen molar-refractivity contribution >= 4 is 22.6 Å². The number of para-hydroxylation sites is 1. The summed E-state index contributed by atoms with van der Waals surface area (Å²) in [5.41, 5.74) is 2.02. The molecule has 3 rings (SSSR count). The lowest BCUT2D eigenvalue weighted by atomic mass is 10.1. The highest BCUT2D eigenvalue weighted by Gasteiger charge is 2.20. The highest BCUT2D eigenvalue weighted by molar-refractivity contribution is 6.16. The van der Waals surface area contributed by atoms with E-state index in [-0.39, 0.29) is 0 Å². The van der Waals surface area contributed by atoms with Crippen LogP contribution in [0, 0.1) is 5.92 Å². The molecule has 0 saturated carbocycles. The molecule has 1 unspecified atom stereocenters. The van der Waals surface area contributed by atoms with E-state index in [1.807, 2.05) is 12.1 Å². The SMILES string of the molecule is CCCOc1cccc2c1nc(CCl)n2CC1CCOC1. The molecule has 4 nitrogen and oxygen atoms in total. The van der Waals surface area contributed by atoms with Crippen molar-refractivity contribution in [3.05, 3.63) is 24.0 Å². The predicted octanol–water partition coefficient (Wildman–Crippen LogP) is 3.60. The van der Waals surface area contributed by atoms with Crippen LogP contribution in [0.15, 0.2) is 18.2 Å². The fourth-order valence-corrected chi connectivity index (χ4v) is 2.99. The third kappa shape index (κ3) is 3.01. The molecule has 114 valence electrons. The van der Waals surface area contributed by atoms with Crippen molar-refractivity contribution in [2.75, 3.05) is 19.8 Å². The summed E-state index contributed by atoms with van der Waals surface area (Å²) in [5, 5.41) is 0. The molecule has 1 atom stereocenters. The van der Waals surface area contributed by atoms with E-state index in [9.17, 15) is 0 Å². The monoisotopic (exact) mass is 308 g/mol. The zero-order valence-electron chi connectivity index (χ0n) is 12.3. The molecule has 0 spiro atoms. The summed E-state index contributed by atoms with van der Waals surface area (Å²) < 4.78 is 13.5. The molecule has 0 radical (unpaired) electrons. The van der Waals surface area contributed by atoms with Gasteiger partial charge in [-0.15, -0.1) is 11.6 Å². The molecule has 0 amide bonds. The van der Waals surface area contributed by atoms with Crippen molar-refractivity contribution in [1.82, 2.24) is 9.55 Å². The molecule has 1 aromatic carbocycles. The number of nitrogens with zero attached hydrogens (tertiary/aromatic N) is 2. The van der Waals surface area contributed by atoms with Crippen molar-refractivity contribution < 1.29 is 9.47 Å². The van der Waals surface area contributed by atoms with Crippen LogP contribution in [0.2, 0.25) is 0 Å². The molecule has 21 heavy (non-hydrogen) atoms. The lowest BCUT2D eigenvalue weighted by Gasteiger charge is -2.12. The number of hydrogen-bond acceptors (Lipinski definition) is 3. The molecular formula is C16H21ClN2O2. The number of halogens is 1. The average molecular weight is 309 g/mol. The van der Waals surface area contributed by atoms with Crippen molar-refractivity contribution in [2.24, 2.45) is 5.92 Å². The molecule has 2 heterocycles. The number of rotatable bonds is 6. The van der Waals surface area contributed by atoms with E-state index in [1.54, 1.807) is 0 Å². The minimum Gasteiger partial charge on any atom is -0.491 e. The molecule has 2 aromatic rings. The van der Waals surface area contributed by atoms with Crippen molar-refractivity contribution in [1.29, 1.82) is 0 Å². The van der Waals surface area contributed by atoms with E-state index >= 15 is 0 Å². The molecule has 0 N–H and O–H groups in total. The Balaban J connectivity index is 1.97. The Kier molecular flexibility index (Phi) is 4.66. The summed E-state index contributed by atoms with van der Waals surface area (Å²) in [6.07, 6.45) is 2.09. The first-order chi connectivity index (χ1) is 10.3. The van der Waals surface area contributed by atoms with Crippen molar-refractivity contribution in [2.45, 2.75) is 32.2 Å². The van der Waals surface area contributed by atoms with Gasteiger partial charge >= 0.3 is 0 Å². The Morgan fingerprint density at radius 1 is 1.48 bits per heavy atom. The minimum atomic E-state index is 0.412. The van der Waals surface area contributed by atoms with Crippen molar-refractivity contribution in [3.63, 3.8) is 0 Å². The van der Waals surface area contributed by atoms with E-state index in [2.05, 4.69) is 17.6 Å². The summed E-state index contributed by atoms with van der Waals surface area (Å²) >= 11 is 6.09. The van der Waals surface area contributed by atoms with Gasteiger partial charge in [0.25, 0.3) is 0 Å². The fourth-order valence-electron chi connectivity index (χ4n) is 2.79. The van der Waals surface area contributed by atoms with Crippen LogP contribution >= 0.6 is 11.6 Å². The van der Waals surface area contributed by atoms with Crippen LogP contribution in [0.3, 0.4) is 0 Å². The molecule has 1 aliphatic heterocycles. The molecule has 0 aliphatic carbocycles. The first-order valence-electron chi connectivity index (χ1n) is 7.58. The Bertz CT molecular complexity index is 606. The van der Waals surface area contributed by atoms with E-state index in [0.717, 1.165) is 55.2 Å². The highest BCUT2D eigenvalue weighted by atomic mass is 35.5. The lowest BCUT2D eigenvalue weighted by Crippen LogP contribution is -2.12. The van der Waals surface area contributed by atoms with Crippen LogP contribution in [0.4, 0.5) is 0 Å². The molecular weight excluding hydrogens is 288 g/mol. The summed E-state index contributed by atoms with van der Waals surface area (Å²) in [6, 6.07) is 6.09. The Morgan fingerprint density at radius 3 is 3.10 bits per heavy atom. The van der Waals surface area contributed by atoms with E-state index in [0.29, 0.717) is 18.4 Å². The zero-order valence-corrected chi connectivity index (χ0v) is 13.1. The number of alkyl halides is 1. The number of hydrogen-bond donors (Lipinski definition) is 0.